The van der Waals surface area contributed by atoms with Crippen LogP contribution >= 0.6 is 0 Å². The van der Waals surface area contributed by atoms with Crippen LogP contribution in [-0.4, -0.2) is 31.3 Å². The SMILES string of the molecule is COc1ccccc1C(C)(C)CNC/C=C/C(=O)O. The van der Waals surface area contributed by atoms with E-state index >= 15 is 0 Å². The smallest absolute Gasteiger partial charge is 0.328 e. The summed E-state index contributed by atoms with van der Waals surface area (Å²) in [6.07, 6.45) is 2.74. The minimum atomic E-state index is -0.925. The van der Waals surface area contributed by atoms with Crippen LogP contribution in [0.3, 0.4) is 0 Å². The number of para-hydroxylation sites is 1. The standard InChI is InChI=1S/C15H21NO3/c1-15(2,11-16-10-6-9-14(17)18)12-7-4-5-8-13(12)19-3/h4-9,16H,10-11H2,1-3H3,(H,17,18)/b9-6+. The molecular weight excluding hydrogens is 242 g/mol. The van der Waals surface area contributed by atoms with Gasteiger partial charge in [0.05, 0.1) is 7.11 Å². The molecule has 0 aliphatic heterocycles. The zero-order valence-electron chi connectivity index (χ0n) is 11.6. The first-order chi connectivity index (χ1) is 8.97. The molecule has 4 nitrogen and oxygen atoms in total. The first kappa shape index (κ1) is 15.2. The van der Waals surface area contributed by atoms with Gasteiger partial charge in [-0.25, -0.2) is 4.79 Å². The van der Waals surface area contributed by atoms with Gasteiger partial charge in [0.15, 0.2) is 0 Å². The molecule has 2 N–H and O–H groups in total. The highest BCUT2D eigenvalue weighted by Gasteiger charge is 2.23. The number of carboxylic acid groups (broad SMARTS) is 1. The molecule has 0 aliphatic rings. The van der Waals surface area contributed by atoms with Gasteiger partial charge in [-0.3, -0.25) is 0 Å². The summed E-state index contributed by atoms with van der Waals surface area (Å²) in [7, 11) is 1.66. The van der Waals surface area contributed by atoms with Gasteiger partial charge < -0.3 is 15.2 Å². The summed E-state index contributed by atoms with van der Waals surface area (Å²) in [5, 5.41) is 11.7. The van der Waals surface area contributed by atoms with E-state index in [-0.39, 0.29) is 5.41 Å². The average Bonchev–Trinajstić information content (AvgIpc) is 2.37. The molecule has 104 valence electrons. The van der Waals surface area contributed by atoms with Gasteiger partial charge in [-0.1, -0.05) is 38.1 Å². The Kier molecular flexibility index (Phi) is 5.57. The third-order valence-electron chi connectivity index (χ3n) is 2.93. The molecule has 0 bridgehead atoms. The van der Waals surface area contributed by atoms with Crippen molar-refractivity contribution in [3.63, 3.8) is 0 Å². The highest BCUT2D eigenvalue weighted by molar-refractivity contribution is 5.79. The van der Waals surface area contributed by atoms with Crippen molar-refractivity contribution in [2.45, 2.75) is 19.3 Å². The second kappa shape index (κ2) is 6.95. The topological polar surface area (TPSA) is 58.6 Å². The lowest BCUT2D eigenvalue weighted by Gasteiger charge is -2.27. The van der Waals surface area contributed by atoms with Gasteiger partial charge in [0, 0.05) is 30.1 Å². The van der Waals surface area contributed by atoms with Gasteiger partial charge >= 0.3 is 5.97 Å². The van der Waals surface area contributed by atoms with Crippen molar-refractivity contribution in [1.29, 1.82) is 0 Å². The predicted octanol–water partition coefficient (Wildman–Crippen LogP) is 2.20. The Labute approximate surface area is 114 Å². The van der Waals surface area contributed by atoms with Crippen LogP contribution in [0.2, 0.25) is 0 Å². The summed E-state index contributed by atoms with van der Waals surface area (Å²) in [6.45, 7) is 5.51. The third-order valence-corrected chi connectivity index (χ3v) is 2.93. The van der Waals surface area contributed by atoms with E-state index in [1.54, 1.807) is 13.2 Å². The van der Waals surface area contributed by atoms with E-state index < -0.39 is 5.97 Å². The maximum atomic E-state index is 10.3. The van der Waals surface area contributed by atoms with Crippen LogP contribution in [0.4, 0.5) is 0 Å². The fraction of sp³-hybridized carbons (Fsp3) is 0.400. The lowest BCUT2D eigenvalue weighted by Crippen LogP contribution is -2.33. The second-order valence-electron chi connectivity index (χ2n) is 4.96. The Hall–Kier alpha value is -1.81. The highest BCUT2D eigenvalue weighted by atomic mass is 16.5. The van der Waals surface area contributed by atoms with Crippen LogP contribution < -0.4 is 10.1 Å². The van der Waals surface area contributed by atoms with Crippen LogP contribution in [0.25, 0.3) is 0 Å². The molecule has 0 atom stereocenters. The van der Waals surface area contributed by atoms with Gasteiger partial charge in [0.25, 0.3) is 0 Å². The Balaban J connectivity index is 2.62. The minimum Gasteiger partial charge on any atom is -0.496 e. The molecule has 1 rings (SSSR count). The van der Waals surface area contributed by atoms with Crippen LogP contribution in [0, 0.1) is 0 Å². The van der Waals surface area contributed by atoms with Crippen molar-refractivity contribution in [3.8, 4) is 5.75 Å². The highest BCUT2D eigenvalue weighted by Crippen LogP contribution is 2.30. The maximum absolute atomic E-state index is 10.3. The van der Waals surface area contributed by atoms with Gasteiger partial charge in [0.1, 0.15) is 5.75 Å². The molecule has 0 unspecified atom stereocenters. The van der Waals surface area contributed by atoms with E-state index in [4.69, 9.17) is 9.84 Å². The average molecular weight is 263 g/mol. The lowest BCUT2D eigenvalue weighted by molar-refractivity contribution is -0.131. The molecule has 0 saturated carbocycles. The molecule has 0 heterocycles. The number of hydrogen-bond donors (Lipinski definition) is 2. The van der Waals surface area contributed by atoms with Crippen LogP contribution in [-0.2, 0) is 10.2 Å². The van der Waals surface area contributed by atoms with E-state index in [1.807, 2.05) is 24.3 Å². The third kappa shape index (κ3) is 4.75. The fourth-order valence-electron chi connectivity index (χ4n) is 1.93. The van der Waals surface area contributed by atoms with Crippen LogP contribution in [0.15, 0.2) is 36.4 Å². The van der Waals surface area contributed by atoms with Crippen molar-refractivity contribution in [2.75, 3.05) is 20.2 Å². The number of carbonyl (C=O) groups is 1. The summed E-state index contributed by atoms with van der Waals surface area (Å²) in [5.74, 6) is -0.0545. The van der Waals surface area contributed by atoms with E-state index in [2.05, 4.69) is 19.2 Å². The summed E-state index contributed by atoms with van der Waals surface area (Å²) < 4.78 is 5.37. The number of methoxy groups -OCH3 is 1. The molecule has 4 heteroatoms. The summed E-state index contributed by atoms with van der Waals surface area (Å²) in [6, 6.07) is 7.93. The molecule has 0 saturated heterocycles. The second-order valence-corrected chi connectivity index (χ2v) is 4.96. The Morgan fingerprint density at radius 1 is 1.42 bits per heavy atom. The molecule has 19 heavy (non-hydrogen) atoms. The Morgan fingerprint density at radius 3 is 2.74 bits per heavy atom. The number of rotatable bonds is 7. The van der Waals surface area contributed by atoms with Gasteiger partial charge in [-0.05, 0) is 6.07 Å². The zero-order valence-corrected chi connectivity index (χ0v) is 11.6. The monoisotopic (exact) mass is 263 g/mol. The first-order valence-corrected chi connectivity index (χ1v) is 6.21. The van der Waals surface area contributed by atoms with E-state index in [0.29, 0.717) is 6.54 Å². The molecule has 0 radical (unpaired) electrons. The molecule has 1 aromatic carbocycles. The van der Waals surface area contributed by atoms with Crippen LogP contribution in [0.1, 0.15) is 19.4 Å². The lowest BCUT2D eigenvalue weighted by atomic mass is 9.84. The summed E-state index contributed by atoms with van der Waals surface area (Å²) in [4.78, 5) is 10.3. The van der Waals surface area contributed by atoms with E-state index in [9.17, 15) is 4.79 Å². The molecular formula is C15H21NO3. The number of benzene rings is 1. The van der Waals surface area contributed by atoms with Crippen molar-refractivity contribution in [2.24, 2.45) is 0 Å². The van der Waals surface area contributed by atoms with E-state index in [1.165, 1.54) is 0 Å². The molecule has 0 fully saturated rings. The largest absolute Gasteiger partial charge is 0.496 e. The summed E-state index contributed by atoms with van der Waals surface area (Å²) in [5.41, 5.74) is 1.04. The zero-order chi connectivity index (χ0) is 14.3. The predicted molar refractivity (Wildman–Crippen MR) is 75.7 cm³/mol. The van der Waals surface area contributed by atoms with Gasteiger partial charge in [0.2, 0.25) is 0 Å². The Bertz CT molecular complexity index is 452. The minimum absolute atomic E-state index is 0.0936. The molecule has 0 spiro atoms. The number of carboxylic acids is 1. The van der Waals surface area contributed by atoms with Crippen molar-refractivity contribution < 1.29 is 14.6 Å². The molecule has 0 aliphatic carbocycles. The van der Waals surface area contributed by atoms with Crippen molar-refractivity contribution in [3.05, 3.63) is 42.0 Å². The van der Waals surface area contributed by atoms with Gasteiger partial charge in [-0.2, -0.15) is 0 Å². The van der Waals surface area contributed by atoms with Crippen LogP contribution in [0.5, 0.6) is 5.75 Å². The normalized spacial score (nSPS) is 11.7. The van der Waals surface area contributed by atoms with E-state index in [0.717, 1.165) is 23.9 Å². The first-order valence-electron chi connectivity index (χ1n) is 6.21. The van der Waals surface area contributed by atoms with Crippen molar-refractivity contribution >= 4 is 5.97 Å². The quantitative estimate of drug-likeness (QED) is 0.585. The number of hydrogen-bond acceptors (Lipinski definition) is 3. The Morgan fingerprint density at radius 2 is 2.11 bits per heavy atom. The maximum Gasteiger partial charge on any atom is 0.328 e. The van der Waals surface area contributed by atoms with Gasteiger partial charge in [-0.15, -0.1) is 0 Å². The molecule has 1 aromatic rings. The molecule has 0 aromatic heterocycles. The fourth-order valence-corrected chi connectivity index (χ4v) is 1.93. The number of ether oxygens (including phenoxy) is 1. The number of nitrogens with one attached hydrogen (secondary N) is 1. The number of aliphatic carboxylic acids is 1. The summed E-state index contributed by atoms with van der Waals surface area (Å²) >= 11 is 0. The van der Waals surface area contributed by atoms with Crippen molar-refractivity contribution in [1.82, 2.24) is 5.32 Å². The molecule has 0 amide bonds.